The monoisotopic (exact) mass is 400 g/mol. The number of benzene rings is 2. The van der Waals surface area contributed by atoms with Crippen molar-refractivity contribution in [2.45, 2.75) is 19.8 Å². The largest absolute Gasteiger partial charge is 0.508 e. The van der Waals surface area contributed by atoms with Crippen LogP contribution in [0.1, 0.15) is 24.0 Å². The molecular formula is C21H21ClN2O2S. The first-order valence-electron chi connectivity index (χ1n) is 8.56. The minimum Gasteiger partial charge on any atom is -0.508 e. The molecule has 0 radical (unpaired) electrons. The third kappa shape index (κ3) is 3.23. The Hall–Kier alpha value is -2.34. The Morgan fingerprint density at radius 1 is 1.22 bits per heavy atom. The Morgan fingerprint density at radius 2 is 2.00 bits per heavy atom. The van der Waals surface area contributed by atoms with E-state index in [1.54, 1.807) is 23.5 Å². The fourth-order valence-corrected chi connectivity index (χ4v) is 4.50. The van der Waals surface area contributed by atoms with E-state index in [0.717, 1.165) is 32.3 Å². The summed E-state index contributed by atoms with van der Waals surface area (Å²) in [7, 11) is 0. The highest BCUT2D eigenvalue weighted by molar-refractivity contribution is 7.15. The summed E-state index contributed by atoms with van der Waals surface area (Å²) in [5.41, 5.74) is 9.58. The molecule has 0 saturated heterocycles. The second kappa shape index (κ2) is 7.35. The zero-order valence-electron chi connectivity index (χ0n) is 15.1. The maximum absolute atomic E-state index is 12.6. The van der Waals surface area contributed by atoms with Crippen LogP contribution in [0.3, 0.4) is 0 Å². The van der Waals surface area contributed by atoms with Crippen LogP contribution in [0, 0.1) is 6.92 Å². The summed E-state index contributed by atoms with van der Waals surface area (Å²) >= 11 is 1.55. The number of hydrogen-bond donors (Lipinski definition) is 3. The Kier molecular flexibility index (Phi) is 5.29. The first-order valence-corrected chi connectivity index (χ1v) is 9.44. The summed E-state index contributed by atoms with van der Waals surface area (Å²) in [6.07, 6.45) is 0. The number of nitrogens with one attached hydrogen (secondary N) is 1. The van der Waals surface area contributed by atoms with Gasteiger partial charge in [-0.1, -0.05) is 31.2 Å². The number of thiophene rings is 1. The Labute approximate surface area is 167 Å². The van der Waals surface area contributed by atoms with E-state index < -0.39 is 0 Å². The molecule has 0 aliphatic rings. The topological polar surface area (TPSA) is 79.1 Å². The fraction of sp³-hybridized carbons (Fsp3) is 0.190. The van der Waals surface area contributed by atoms with Crippen LogP contribution >= 0.6 is 23.7 Å². The number of aromatic amines is 1. The van der Waals surface area contributed by atoms with Crippen LogP contribution in [0.4, 0.5) is 0 Å². The molecule has 2 aromatic heterocycles. The van der Waals surface area contributed by atoms with Gasteiger partial charge in [0.1, 0.15) is 5.75 Å². The maximum atomic E-state index is 12.6. The van der Waals surface area contributed by atoms with E-state index in [-0.39, 0.29) is 29.6 Å². The number of phenols is 1. The molecule has 0 spiro atoms. The van der Waals surface area contributed by atoms with Gasteiger partial charge in [0.15, 0.2) is 0 Å². The van der Waals surface area contributed by atoms with Crippen molar-refractivity contribution in [1.29, 1.82) is 0 Å². The number of aryl methyl sites for hydroxylation is 1. The summed E-state index contributed by atoms with van der Waals surface area (Å²) in [4.78, 5) is 16.6. The van der Waals surface area contributed by atoms with Gasteiger partial charge in [-0.2, -0.15) is 0 Å². The Morgan fingerprint density at radius 3 is 2.74 bits per heavy atom. The lowest BCUT2D eigenvalue weighted by Crippen LogP contribution is -2.08. The summed E-state index contributed by atoms with van der Waals surface area (Å²) in [6.45, 7) is 4.58. The number of halogens is 1. The number of rotatable bonds is 3. The zero-order valence-corrected chi connectivity index (χ0v) is 16.7. The van der Waals surface area contributed by atoms with E-state index in [4.69, 9.17) is 5.73 Å². The molecule has 0 aliphatic heterocycles. The van der Waals surface area contributed by atoms with Crippen molar-refractivity contribution in [3.63, 3.8) is 0 Å². The van der Waals surface area contributed by atoms with Gasteiger partial charge in [-0.25, -0.2) is 0 Å². The van der Waals surface area contributed by atoms with Crippen LogP contribution < -0.4 is 11.3 Å². The second-order valence-electron chi connectivity index (χ2n) is 6.76. The summed E-state index contributed by atoms with van der Waals surface area (Å²) in [6, 6.07) is 11.7. The molecule has 1 atom stereocenters. The van der Waals surface area contributed by atoms with Crippen molar-refractivity contribution >= 4 is 45.4 Å². The molecule has 6 heteroatoms. The molecule has 140 valence electrons. The number of hydrogen-bond acceptors (Lipinski definition) is 4. The third-order valence-electron chi connectivity index (χ3n) is 4.94. The normalized spacial score (nSPS) is 12.3. The zero-order chi connectivity index (χ0) is 18.4. The molecule has 2 aromatic carbocycles. The van der Waals surface area contributed by atoms with Crippen molar-refractivity contribution in [2.75, 3.05) is 6.54 Å². The molecule has 0 saturated carbocycles. The van der Waals surface area contributed by atoms with E-state index >= 15 is 0 Å². The first-order chi connectivity index (χ1) is 12.5. The van der Waals surface area contributed by atoms with Gasteiger partial charge in [-0.15, -0.1) is 23.7 Å². The molecule has 4 aromatic rings. The van der Waals surface area contributed by atoms with Gasteiger partial charge in [0.2, 0.25) is 0 Å². The smallest absolute Gasteiger partial charge is 0.257 e. The van der Waals surface area contributed by atoms with Crippen LogP contribution in [0.2, 0.25) is 0 Å². The quantitative estimate of drug-likeness (QED) is 0.457. The summed E-state index contributed by atoms with van der Waals surface area (Å²) in [5.74, 6) is 0.471. The second-order valence-corrected chi connectivity index (χ2v) is 7.63. The van der Waals surface area contributed by atoms with Crippen molar-refractivity contribution < 1.29 is 5.11 Å². The molecule has 1 unspecified atom stereocenters. The van der Waals surface area contributed by atoms with E-state index in [9.17, 15) is 9.90 Å². The Balaban J connectivity index is 0.00000210. The molecule has 0 bridgehead atoms. The number of nitrogens with two attached hydrogens (primary N) is 1. The van der Waals surface area contributed by atoms with Gasteiger partial charge in [-0.05, 0) is 48.2 Å². The van der Waals surface area contributed by atoms with Gasteiger partial charge in [-0.3, -0.25) is 4.79 Å². The number of H-pyrrole nitrogens is 1. The van der Waals surface area contributed by atoms with Crippen LogP contribution in [0.15, 0.2) is 46.6 Å². The van der Waals surface area contributed by atoms with Crippen molar-refractivity contribution in [3.8, 4) is 16.2 Å². The highest BCUT2D eigenvalue weighted by Gasteiger charge is 2.16. The molecule has 0 amide bonds. The van der Waals surface area contributed by atoms with Gasteiger partial charge >= 0.3 is 0 Å². The lowest BCUT2D eigenvalue weighted by Gasteiger charge is -2.11. The highest BCUT2D eigenvalue weighted by Crippen LogP contribution is 2.39. The number of aromatic nitrogens is 1. The number of pyridine rings is 1. The lowest BCUT2D eigenvalue weighted by molar-refractivity contribution is 0.476. The molecule has 4 rings (SSSR count). The summed E-state index contributed by atoms with van der Waals surface area (Å²) in [5, 5.41) is 14.4. The van der Waals surface area contributed by atoms with E-state index in [1.807, 2.05) is 18.4 Å². The molecular weight excluding hydrogens is 380 g/mol. The molecule has 27 heavy (non-hydrogen) atoms. The van der Waals surface area contributed by atoms with E-state index in [0.29, 0.717) is 11.9 Å². The van der Waals surface area contributed by atoms with E-state index in [1.165, 1.54) is 5.56 Å². The van der Waals surface area contributed by atoms with Gasteiger partial charge in [0.25, 0.3) is 5.56 Å². The predicted molar refractivity (Wildman–Crippen MR) is 117 cm³/mol. The molecule has 0 fully saturated rings. The highest BCUT2D eigenvalue weighted by atomic mass is 35.5. The summed E-state index contributed by atoms with van der Waals surface area (Å²) < 4.78 is 0. The van der Waals surface area contributed by atoms with Gasteiger partial charge in [0, 0.05) is 21.0 Å². The number of phenolic OH excluding ortho intramolecular Hbond substituents is 1. The SMILES string of the molecule is Cc1cc(O)cc2c1[nH]c(=O)c1csc(-c3cccc(C(C)CN)c3)c12.Cl. The average molecular weight is 401 g/mol. The van der Waals surface area contributed by atoms with Gasteiger partial charge in [0.05, 0.1) is 10.9 Å². The minimum atomic E-state index is -0.102. The lowest BCUT2D eigenvalue weighted by atomic mass is 9.97. The van der Waals surface area contributed by atoms with Crippen LogP contribution in [0.5, 0.6) is 5.75 Å². The van der Waals surface area contributed by atoms with Crippen LogP contribution in [-0.2, 0) is 0 Å². The third-order valence-corrected chi connectivity index (χ3v) is 5.96. The van der Waals surface area contributed by atoms with Crippen molar-refractivity contribution in [1.82, 2.24) is 4.98 Å². The predicted octanol–water partition coefficient (Wildman–Crippen LogP) is 4.91. The molecule has 4 nitrogen and oxygen atoms in total. The van der Waals surface area contributed by atoms with Gasteiger partial charge < -0.3 is 15.8 Å². The van der Waals surface area contributed by atoms with Crippen molar-refractivity contribution in [3.05, 3.63) is 63.3 Å². The van der Waals surface area contributed by atoms with E-state index in [2.05, 4.69) is 30.1 Å². The van der Waals surface area contributed by atoms with Crippen LogP contribution in [-0.4, -0.2) is 16.6 Å². The Bertz CT molecular complexity index is 1200. The molecule has 2 heterocycles. The fourth-order valence-electron chi connectivity index (χ4n) is 3.44. The first kappa shape index (κ1) is 19.4. The number of aromatic hydroxyl groups is 1. The minimum absolute atomic E-state index is 0. The molecule has 0 aliphatic carbocycles. The van der Waals surface area contributed by atoms with Crippen LogP contribution in [0.25, 0.3) is 32.1 Å². The average Bonchev–Trinajstić information content (AvgIpc) is 3.08. The molecule has 4 N–H and O–H groups in total. The maximum Gasteiger partial charge on any atom is 0.257 e. The number of fused-ring (bicyclic) bond motifs is 3. The van der Waals surface area contributed by atoms with Crippen molar-refractivity contribution in [2.24, 2.45) is 5.73 Å². The standard InChI is InChI=1S/C21H20N2O2S.ClH/c1-11-6-15(24)8-16-18-17(21(25)23-19(11)16)10-26-20(18)14-5-3-4-13(7-14)12(2)9-22;/h3-8,10,12,24H,9,22H2,1-2H3,(H,23,25);1H.